The molecule has 28 heavy (non-hydrogen) atoms. The monoisotopic (exact) mass is 402 g/mol. The van der Waals surface area contributed by atoms with Crippen LogP contribution in [0.4, 0.5) is 5.69 Å². The van der Waals surface area contributed by atoms with E-state index >= 15 is 0 Å². The first kappa shape index (κ1) is 20.5. The minimum absolute atomic E-state index is 0. The Morgan fingerprint density at radius 2 is 1.79 bits per heavy atom. The van der Waals surface area contributed by atoms with Gasteiger partial charge in [-0.15, -0.1) is 12.4 Å². The summed E-state index contributed by atoms with van der Waals surface area (Å²) in [4.78, 5) is 17.0. The molecule has 4 rings (SSSR count). The Labute approximate surface area is 172 Å². The number of ether oxygens (including phenoxy) is 2. The third-order valence-corrected chi connectivity index (χ3v) is 5.39. The van der Waals surface area contributed by atoms with E-state index < -0.39 is 0 Å². The smallest absolute Gasteiger partial charge is 0.258 e. The van der Waals surface area contributed by atoms with Crippen molar-refractivity contribution in [2.45, 2.75) is 25.8 Å². The number of methoxy groups -OCH3 is 1. The van der Waals surface area contributed by atoms with Crippen LogP contribution in [0.25, 0.3) is 0 Å². The summed E-state index contributed by atoms with van der Waals surface area (Å²) in [5, 5.41) is 0. The van der Waals surface area contributed by atoms with Gasteiger partial charge >= 0.3 is 0 Å². The van der Waals surface area contributed by atoms with Crippen LogP contribution in [0.5, 0.6) is 11.5 Å². The zero-order valence-electron chi connectivity index (χ0n) is 16.2. The molecule has 5 nitrogen and oxygen atoms in total. The predicted octanol–water partition coefficient (Wildman–Crippen LogP) is 4.14. The van der Waals surface area contributed by atoms with E-state index in [2.05, 4.69) is 4.90 Å². The standard InChI is InChI=1S/C22H26N2O3.ClH/c1-26-20-10-9-18(24-16-17-7-3-4-8-19(17)22(24)25)15-21(20)27-14-13-23-11-5-2-6-12-23;/h3-4,7-10,15H,2,5-6,11-14,16H2,1H3;1H. The van der Waals surface area contributed by atoms with Gasteiger partial charge in [-0.05, 0) is 49.7 Å². The molecule has 0 atom stereocenters. The zero-order valence-corrected chi connectivity index (χ0v) is 17.0. The highest BCUT2D eigenvalue weighted by atomic mass is 35.5. The molecule has 0 saturated carbocycles. The van der Waals surface area contributed by atoms with Crippen LogP contribution in [-0.2, 0) is 6.54 Å². The first-order valence-electron chi connectivity index (χ1n) is 9.69. The summed E-state index contributed by atoms with van der Waals surface area (Å²) in [6.45, 7) is 4.44. The summed E-state index contributed by atoms with van der Waals surface area (Å²) in [6, 6.07) is 13.5. The molecule has 2 aromatic carbocycles. The predicted molar refractivity (Wildman–Crippen MR) is 113 cm³/mol. The van der Waals surface area contributed by atoms with Crippen molar-refractivity contribution in [3.8, 4) is 11.5 Å². The fourth-order valence-electron chi connectivity index (χ4n) is 3.88. The third kappa shape index (κ3) is 4.26. The van der Waals surface area contributed by atoms with Crippen molar-refractivity contribution in [1.82, 2.24) is 4.90 Å². The van der Waals surface area contributed by atoms with Gasteiger partial charge in [0, 0.05) is 23.9 Å². The van der Waals surface area contributed by atoms with Crippen LogP contribution in [-0.4, -0.2) is 44.2 Å². The quantitative estimate of drug-likeness (QED) is 0.728. The summed E-state index contributed by atoms with van der Waals surface area (Å²) in [6.07, 6.45) is 3.88. The molecule has 2 aliphatic heterocycles. The lowest BCUT2D eigenvalue weighted by Gasteiger charge is -2.26. The van der Waals surface area contributed by atoms with Crippen molar-refractivity contribution in [2.75, 3.05) is 38.3 Å². The molecule has 2 heterocycles. The largest absolute Gasteiger partial charge is 0.493 e. The summed E-state index contributed by atoms with van der Waals surface area (Å²) < 4.78 is 11.5. The lowest BCUT2D eigenvalue weighted by atomic mass is 10.1. The normalized spacial score (nSPS) is 16.5. The van der Waals surface area contributed by atoms with Crippen molar-refractivity contribution >= 4 is 24.0 Å². The Bertz CT molecular complexity index is 821. The van der Waals surface area contributed by atoms with E-state index in [1.165, 1.54) is 19.3 Å². The molecule has 0 bridgehead atoms. The van der Waals surface area contributed by atoms with Gasteiger partial charge in [-0.1, -0.05) is 24.6 Å². The Hall–Kier alpha value is -2.24. The molecule has 1 fully saturated rings. The van der Waals surface area contributed by atoms with Crippen LogP contribution >= 0.6 is 12.4 Å². The number of fused-ring (bicyclic) bond motifs is 1. The van der Waals surface area contributed by atoms with Crippen LogP contribution in [0.2, 0.25) is 0 Å². The number of amides is 1. The van der Waals surface area contributed by atoms with Crippen molar-refractivity contribution in [3.05, 3.63) is 53.6 Å². The molecular weight excluding hydrogens is 376 g/mol. The van der Waals surface area contributed by atoms with Crippen LogP contribution in [0.3, 0.4) is 0 Å². The van der Waals surface area contributed by atoms with Gasteiger partial charge in [0.05, 0.1) is 13.7 Å². The van der Waals surface area contributed by atoms with Crippen molar-refractivity contribution in [2.24, 2.45) is 0 Å². The van der Waals surface area contributed by atoms with Gasteiger partial charge < -0.3 is 14.4 Å². The summed E-state index contributed by atoms with van der Waals surface area (Å²) in [5.41, 5.74) is 2.68. The zero-order chi connectivity index (χ0) is 18.6. The topological polar surface area (TPSA) is 42.0 Å². The number of piperidine rings is 1. The van der Waals surface area contributed by atoms with Gasteiger partial charge in [0.1, 0.15) is 6.61 Å². The van der Waals surface area contributed by atoms with E-state index in [4.69, 9.17) is 9.47 Å². The summed E-state index contributed by atoms with van der Waals surface area (Å²) in [7, 11) is 1.64. The van der Waals surface area contributed by atoms with Gasteiger partial charge in [0.2, 0.25) is 0 Å². The molecule has 0 spiro atoms. The molecule has 0 unspecified atom stereocenters. The van der Waals surface area contributed by atoms with Crippen molar-refractivity contribution < 1.29 is 14.3 Å². The Morgan fingerprint density at radius 1 is 1.00 bits per heavy atom. The molecule has 0 radical (unpaired) electrons. The first-order chi connectivity index (χ1) is 13.3. The Balaban J connectivity index is 0.00000225. The number of rotatable bonds is 6. The van der Waals surface area contributed by atoms with E-state index in [0.717, 1.165) is 36.4 Å². The Kier molecular flexibility index (Phi) is 6.81. The molecule has 0 aromatic heterocycles. The van der Waals surface area contributed by atoms with Crippen LogP contribution in [0.15, 0.2) is 42.5 Å². The molecule has 0 aliphatic carbocycles. The molecule has 2 aliphatic rings. The molecular formula is C22H27ClN2O3. The second kappa shape index (κ2) is 9.30. The number of nitrogens with zero attached hydrogens (tertiary/aromatic N) is 2. The van der Waals surface area contributed by atoms with Gasteiger partial charge in [-0.25, -0.2) is 0 Å². The van der Waals surface area contributed by atoms with E-state index in [0.29, 0.717) is 24.7 Å². The molecule has 6 heteroatoms. The fourth-order valence-corrected chi connectivity index (χ4v) is 3.88. The maximum atomic E-state index is 12.7. The average molecular weight is 403 g/mol. The number of benzene rings is 2. The molecule has 1 saturated heterocycles. The van der Waals surface area contributed by atoms with Gasteiger partial charge in [0.25, 0.3) is 5.91 Å². The lowest BCUT2D eigenvalue weighted by molar-refractivity contribution is 0.0996. The molecule has 0 N–H and O–H groups in total. The van der Waals surface area contributed by atoms with E-state index in [9.17, 15) is 4.79 Å². The van der Waals surface area contributed by atoms with Crippen LogP contribution < -0.4 is 14.4 Å². The van der Waals surface area contributed by atoms with Gasteiger partial charge in [0.15, 0.2) is 11.5 Å². The molecule has 150 valence electrons. The number of halogens is 1. The fraction of sp³-hybridized carbons (Fsp3) is 0.409. The SMILES string of the molecule is COc1ccc(N2Cc3ccccc3C2=O)cc1OCCN1CCCCC1.Cl. The van der Waals surface area contributed by atoms with Crippen LogP contribution in [0, 0.1) is 0 Å². The van der Waals surface area contributed by atoms with Gasteiger partial charge in [-0.3, -0.25) is 9.69 Å². The number of carbonyl (C=O) groups excluding carboxylic acids is 1. The van der Waals surface area contributed by atoms with Crippen LogP contribution in [0.1, 0.15) is 35.2 Å². The highest BCUT2D eigenvalue weighted by molar-refractivity contribution is 6.10. The second-order valence-corrected chi connectivity index (χ2v) is 7.13. The summed E-state index contributed by atoms with van der Waals surface area (Å²) >= 11 is 0. The number of anilines is 1. The van der Waals surface area contributed by atoms with Crippen molar-refractivity contribution in [3.63, 3.8) is 0 Å². The first-order valence-corrected chi connectivity index (χ1v) is 9.69. The third-order valence-electron chi connectivity index (χ3n) is 5.39. The van der Waals surface area contributed by atoms with E-state index in [-0.39, 0.29) is 18.3 Å². The summed E-state index contributed by atoms with van der Waals surface area (Å²) in [5.74, 6) is 1.42. The van der Waals surface area contributed by atoms with Crippen molar-refractivity contribution in [1.29, 1.82) is 0 Å². The minimum Gasteiger partial charge on any atom is -0.493 e. The van der Waals surface area contributed by atoms with Gasteiger partial charge in [-0.2, -0.15) is 0 Å². The average Bonchev–Trinajstić information content (AvgIpc) is 3.06. The maximum absolute atomic E-state index is 12.7. The number of hydrogen-bond donors (Lipinski definition) is 0. The number of likely N-dealkylation sites (tertiary alicyclic amines) is 1. The van der Waals surface area contributed by atoms with E-state index in [1.807, 2.05) is 42.5 Å². The minimum atomic E-state index is 0. The molecule has 2 aromatic rings. The van der Waals surface area contributed by atoms with E-state index in [1.54, 1.807) is 12.0 Å². The number of carbonyl (C=O) groups is 1. The second-order valence-electron chi connectivity index (χ2n) is 7.13. The Morgan fingerprint density at radius 3 is 2.54 bits per heavy atom. The number of hydrogen-bond acceptors (Lipinski definition) is 4. The maximum Gasteiger partial charge on any atom is 0.258 e. The highest BCUT2D eigenvalue weighted by Crippen LogP contribution is 2.35. The highest BCUT2D eigenvalue weighted by Gasteiger charge is 2.28. The lowest BCUT2D eigenvalue weighted by Crippen LogP contribution is -2.33. The molecule has 1 amide bonds.